The maximum absolute atomic E-state index is 10.5. The highest BCUT2D eigenvalue weighted by Gasteiger charge is 2.23. The van der Waals surface area contributed by atoms with E-state index < -0.39 is 16.6 Å². The molecule has 5 nitrogen and oxygen atoms in total. The molecule has 6 heteroatoms. The van der Waals surface area contributed by atoms with Gasteiger partial charge in [-0.3, -0.25) is 10.1 Å². The van der Waals surface area contributed by atoms with Crippen LogP contribution in [0, 0.1) is 10.1 Å². The van der Waals surface area contributed by atoms with Crippen molar-refractivity contribution < 1.29 is 10.0 Å². The second-order valence-electron chi connectivity index (χ2n) is 4.30. The molecular weight excluding hydrogens is 228 g/mol. The lowest BCUT2D eigenvalue weighted by molar-refractivity contribution is -0.380. The minimum Gasteiger partial charge on any atom is -0.392 e. The molecule has 0 aliphatic heterocycles. The Morgan fingerprint density at radius 2 is 2.31 bits per heavy atom. The Morgan fingerprint density at radius 1 is 1.69 bits per heavy atom. The minimum absolute atomic E-state index is 0.145. The van der Waals surface area contributed by atoms with Crippen molar-refractivity contribution in [1.29, 1.82) is 0 Å². The van der Waals surface area contributed by atoms with Gasteiger partial charge in [-0.2, -0.15) is 0 Å². The maximum Gasteiger partial charge on any atom is 0.324 e. The van der Waals surface area contributed by atoms with Gasteiger partial charge in [0.1, 0.15) is 0 Å². The SMILES string of the molecule is CC(O)C(C)(C)NCc1csc([N+](=O)[O-])c1. The van der Waals surface area contributed by atoms with Crippen molar-refractivity contribution in [2.45, 2.75) is 39.0 Å². The first-order valence-corrected chi connectivity index (χ1v) is 5.86. The normalized spacial score (nSPS) is 13.8. The third-order valence-electron chi connectivity index (χ3n) is 2.61. The average molecular weight is 244 g/mol. The quantitative estimate of drug-likeness (QED) is 0.612. The van der Waals surface area contributed by atoms with Crippen LogP contribution in [0.1, 0.15) is 26.3 Å². The van der Waals surface area contributed by atoms with Gasteiger partial charge in [0.15, 0.2) is 0 Å². The van der Waals surface area contributed by atoms with Gasteiger partial charge in [0.2, 0.25) is 0 Å². The Hall–Kier alpha value is -0.980. The summed E-state index contributed by atoms with van der Waals surface area (Å²) < 4.78 is 0. The van der Waals surface area contributed by atoms with E-state index in [-0.39, 0.29) is 5.00 Å². The van der Waals surface area contributed by atoms with Crippen molar-refractivity contribution in [3.05, 3.63) is 27.1 Å². The van der Waals surface area contributed by atoms with Crippen LogP contribution in [0.15, 0.2) is 11.4 Å². The molecule has 0 spiro atoms. The van der Waals surface area contributed by atoms with E-state index in [4.69, 9.17) is 0 Å². The van der Waals surface area contributed by atoms with Crippen LogP contribution in [-0.2, 0) is 6.54 Å². The van der Waals surface area contributed by atoms with Crippen LogP contribution in [0.4, 0.5) is 5.00 Å². The Kier molecular flexibility index (Phi) is 4.01. The van der Waals surface area contributed by atoms with Gasteiger partial charge >= 0.3 is 5.00 Å². The summed E-state index contributed by atoms with van der Waals surface area (Å²) in [5.74, 6) is 0. The van der Waals surface area contributed by atoms with Crippen molar-refractivity contribution in [3.8, 4) is 0 Å². The fraction of sp³-hybridized carbons (Fsp3) is 0.600. The molecule has 1 atom stereocenters. The summed E-state index contributed by atoms with van der Waals surface area (Å²) in [6, 6.07) is 1.55. The summed E-state index contributed by atoms with van der Waals surface area (Å²) in [6.45, 7) is 6.00. The minimum atomic E-state index is -0.485. The van der Waals surface area contributed by atoms with Gasteiger partial charge in [0.05, 0.1) is 11.0 Å². The summed E-state index contributed by atoms with van der Waals surface area (Å²) in [5.41, 5.74) is 0.460. The van der Waals surface area contributed by atoms with Crippen molar-refractivity contribution in [1.82, 2.24) is 5.32 Å². The lowest BCUT2D eigenvalue weighted by Crippen LogP contribution is -2.47. The molecule has 0 radical (unpaired) electrons. The summed E-state index contributed by atoms with van der Waals surface area (Å²) in [5, 5.41) is 25.0. The van der Waals surface area contributed by atoms with E-state index in [9.17, 15) is 15.2 Å². The summed E-state index contributed by atoms with van der Waals surface area (Å²) in [7, 11) is 0. The predicted molar refractivity (Wildman–Crippen MR) is 63.6 cm³/mol. The summed E-state index contributed by atoms with van der Waals surface area (Å²) in [6.07, 6.45) is -0.485. The number of aliphatic hydroxyl groups is 1. The van der Waals surface area contributed by atoms with E-state index in [1.54, 1.807) is 18.4 Å². The first kappa shape index (κ1) is 13.1. The third-order valence-corrected chi connectivity index (χ3v) is 3.54. The largest absolute Gasteiger partial charge is 0.392 e. The molecule has 2 N–H and O–H groups in total. The monoisotopic (exact) mass is 244 g/mol. The standard InChI is InChI=1S/C10H16N2O3S/c1-7(13)10(2,3)11-5-8-4-9(12(14)15)16-6-8/h4,6-7,11,13H,5H2,1-3H3. The molecular formula is C10H16N2O3S. The number of nitrogens with zero attached hydrogens (tertiary/aromatic N) is 1. The van der Waals surface area contributed by atoms with Gasteiger partial charge in [-0.25, -0.2) is 0 Å². The zero-order valence-corrected chi connectivity index (χ0v) is 10.4. The highest BCUT2D eigenvalue weighted by atomic mass is 32.1. The molecule has 1 heterocycles. The van der Waals surface area contributed by atoms with Crippen LogP contribution < -0.4 is 5.32 Å². The van der Waals surface area contributed by atoms with Gasteiger partial charge in [-0.15, -0.1) is 0 Å². The van der Waals surface area contributed by atoms with E-state index in [0.717, 1.165) is 16.9 Å². The Balaban J connectivity index is 2.58. The first-order chi connectivity index (χ1) is 7.33. The van der Waals surface area contributed by atoms with Crippen LogP contribution in [0.5, 0.6) is 0 Å². The topological polar surface area (TPSA) is 75.4 Å². The highest BCUT2D eigenvalue weighted by molar-refractivity contribution is 7.13. The zero-order chi connectivity index (χ0) is 12.3. The molecule has 0 aliphatic carbocycles. The second-order valence-corrected chi connectivity index (χ2v) is 5.19. The van der Waals surface area contributed by atoms with E-state index in [1.807, 2.05) is 13.8 Å². The van der Waals surface area contributed by atoms with Crippen molar-refractivity contribution in [2.24, 2.45) is 0 Å². The summed E-state index contributed by atoms with van der Waals surface area (Å²) >= 11 is 1.12. The lowest BCUT2D eigenvalue weighted by atomic mass is 9.98. The first-order valence-electron chi connectivity index (χ1n) is 4.98. The molecule has 0 fully saturated rings. The number of rotatable bonds is 5. The molecule has 16 heavy (non-hydrogen) atoms. The maximum atomic E-state index is 10.5. The van der Waals surface area contributed by atoms with E-state index in [1.165, 1.54) is 0 Å². The number of hydrogen-bond donors (Lipinski definition) is 2. The third kappa shape index (κ3) is 3.26. The number of hydrogen-bond acceptors (Lipinski definition) is 5. The molecule has 0 aromatic carbocycles. The fourth-order valence-electron chi connectivity index (χ4n) is 1.03. The van der Waals surface area contributed by atoms with E-state index in [2.05, 4.69) is 5.32 Å². The fourth-order valence-corrected chi connectivity index (χ4v) is 1.76. The molecule has 1 rings (SSSR count). The molecule has 0 saturated carbocycles. The van der Waals surface area contributed by atoms with Crippen LogP contribution in [0.3, 0.4) is 0 Å². The number of thiophene rings is 1. The Morgan fingerprint density at radius 3 is 2.75 bits per heavy atom. The van der Waals surface area contributed by atoms with Crippen molar-refractivity contribution in [3.63, 3.8) is 0 Å². The van der Waals surface area contributed by atoms with Crippen LogP contribution in [0.25, 0.3) is 0 Å². The lowest BCUT2D eigenvalue weighted by Gasteiger charge is -2.29. The molecule has 1 aromatic heterocycles. The van der Waals surface area contributed by atoms with Crippen molar-refractivity contribution >= 4 is 16.3 Å². The Labute approximate surface area is 98.3 Å². The Bertz CT molecular complexity index is 374. The molecule has 1 aromatic rings. The van der Waals surface area contributed by atoms with Crippen LogP contribution in [-0.4, -0.2) is 21.7 Å². The number of nitrogens with one attached hydrogen (secondary N) is 1. The molecule has 1 unspecified atom stereocenters. The molecule has 0 amide bonds. The number of aliphatic hydroxyl groups excluding tert-OH is 1. The van der Waals surface area contributed by atoms with Crippen molar-refractivity contribution in [2.75, 3.05) is 0 Å². The zero-order valence-electron chi connectivity index (χ0n) is 9.56. The highest BCUT2D eigenvalue weighted by Crippen LogP contribution is 2.23. The van der Waals surface area contributed by atoms with E-state index >= 15 is 0 Å². The van der Waals surface area contributed by atoms with Gasteiger partial charge in [0.25, 0.3) is 0 Å². The molecule has 0 bridgehead atoms. The van der Waals surface area contributed by atoms with Crippen LogP contribution in [0.2, 0.25) is 0 Å². The number of nitro groups is 1. The average Bonchev–Trinajstić information content (AvgIpc) is 2.63. The van der Waals surface area contributed by atoms with Crippen LogP contribution >= 0.6 is 11.3 Å². The van der Waals surface area contributed by atoms with E-state index in [0.29, 0.717) is 6.54 Å². The van der Waals surface area contributed by atoms with Gasteiger partial charge in [-0.05, 0) is 26.3 Å². The van der Waals surface area contributed by atoms with Gasteiger partial charge < -0.3 is 10.4 Å². The molecule has 0 aliphatic rings. The molecule has 0 saturated heterocycles. The van der Waals surface area contributed by atoms with Gasteiger partial charge in [0, 0.05) is 23.5 Å². The molecule has 90 valence electrons. The summed E-state index contributed by atoms with van der Waals surface area (Å²) in [4.78, 5) is 10.1. The second kappa shape index (κ2) is 4.90. The predicted octanol–water partition coefficient (Wildman–Crippen LogP) is 1.91. The van der Waals surface area contributed by atoms with Gasteiger partial charge in [-0.1, -0.05) is 11.3 Å². The smallest absolute Gasteiger partial charge is 0.324 e.